The minimum atomic E-state index is -0.553. The summed E-state index contributed by atoms with van der Waals surface area (Å²) in [5.74, 6) is -0.927. The topological polar surface area (TPSA) is 86.0 Å². The zero-order valence-corrected chi connectivity index (χ0v) is 16.2. The van der Waals surface area contributed by atoms with E-state index < -0.39 is 23.0 Å². The maximum atomic E-state index is 13.0. The van der Waals surface area contributed by atoms with Crippen molar-refractivity contribution in [3.8, 4) is 5.69 Å². The Hall–Kier alpha value is -4.07. The molecule has 0 bridgehead atoms. The first-order chi connectivity index (χ1) is 14.3. The van der Waals surface area contributed by atoms with Gasteiger partial charge in [0.2, 0.25) is 0 Å². The fraction of sp³-hybridized carbons (Fsp3) is 0.0909. The summed E-state index contributed by atoms with van der Waals surface area (Å²) in [4.78, 5) is 42.3. The summed E-state index contributed by atoms with van der Waals surface area (Å²) >= 11 is 0. The van der Waals surface area contributed by atoms with Crippen molar-refractivity contribution in [2.45, 2.75) is 6.92 Å². The summed E-state index contributed by atoms with van der Waals surface area (Å²) in [7, 11) is 1.38. The first-order valence-corrected chi connectivity index (χ1v) is 9.11. The van der Waals surface area contributed by atoms with Gasteiger partial charge in [0.15, 0.2) is 5.65 Å². The molecule has 0 fully saturated rings. The summed E-state index contributed by atoms with van der Waals surface area (Å²) in [5, 5.41) is 2.75. The number of benzene rings is 2. The molecule has 7 nitrogen and oxygen atoms in total. The number of nitrogens with one attached hydrogen (secondary N) is 1. The molecule has 0 saturated heterocycles. The number of rotatable bonds is 3. The molecular formula is C22H17FN4O3. The van der Waals surface area contributed by atoms with Crippen LogP contribution in [0.25, 0.3) is 16.7 Å². The third kappa shape index (κ3) is 3.39. The highest BCUT2D eigenvalue weighted by Crippen LogP contribution is 2.16. The third-order valence-corrected chi connectivity index (χ3v) is 4.75. The average Bonchev–Trinajstić information content (AvgIpc) is 2.75. The van der Waals surface area contributed by atoms with E-state index in [1.54, 1.807) is 12.1 Å². The Morgan fingerprint density at radius 2 is 1.70 bits per heavy atom. The van der Waals surface area contributed by atoms with Crippen LogP contribution in [-0.2, 0) is 7.05 Å². The molecule has 0 aliphatic heterocycles. The van der Waals surface area contributed by atoms with E-state index in [0.717, 1.165) is 10.1 Å². The Morgan fingerprint density at radius 1 is 1.03 bits per heavy atom. The number of aryl methyl sites for hydroxylation is 1. The third-order valence-electron chi connectivity index (χ3n) is 4.75. The number of carbonyl (C=O) groups excluding carboxylic acids is 1. The normalized spacial score (nSPS) is 10.9. The lowest BCUT2D eigenvalue weighted by atomic mass is 10.2. The Labute approximate surface area is 170 Å². The Balaban J connectivity index is 1.84. The highest BCUT2D eigenvalue weighted by molar-refractivity contribution is 6.05. The van der Waals surface area contributed by atoms with Crippen LogP contribution < -0.4 is 16.6 Å². The van der Waals surface area contributed by atoms with E-state index in [1.807, 2.05) is 19.1 Å². The second-order valence-electron chi connectivity index (χ2n) is 6.87. The maximum absolute atomic E-state index is 13.0. The zero-order valence-electron chi connectivity index (χ0n) is 16.2. The summed E-state index contributed by atoms with van der Waals surface area (Å²) in [6.45, 7) is 1.93. The van der Waals surface area contributed by atoms with Gasteiger partial charge < -0.3 is 5.32 Å². The van der Waals surface area contributed by atoms with Gasteiger partial charge in [0.1, 0.15) is 5.82 Å². The number of anilines is 1. The van der Waals surface area contributed by atoms with Gasteiger partial charge in [-0.15, -0.1) is 0 Å². The van der Waals surface area contributed by atoms with Crippen molar-refractivity contribution in [1.82, 2.24) is 14.1 Å². The maximum Gasteiger partial charge on any atom is 0.337 e. The number of hydrogen-bond acceptors (Lipinski definition) is 4. The van der Waals surface area contributed by atoms with E-state index in [-0.39, 0.29) is 16.6 Å². The number of hydrogen-bond donors (Lipinski definition) is 1. The van der Waals surface area contributed by atoms with E-state index in [1.165, 1.54) is 48.1 Å². The van der Waals surface area contributed by atoms with Crippen molar-refractivity contribution in [2.24, 2.45) is 7.05 Å². The molecule has 0 saturated carbocycles. The molecule has 2 aromatic heterocycles. The van der Waals surface area contributed by atoms with Gasteiger partial charge in [-0.2, -0.15) is 0 Å². The Kier molecular flexibility index (Phi) is 4.75. The predicted octanol–water partition coefficient (Wildman–Crippen LogP) is 2.78. The summed E-state index contributed by atoms with van der Waals surface area (Å²) in [6.07, 6.45) is 1.30. The van der Waals surface area contributed by atoms with Gasteiger partial charge in [0.05, 0.1) is 16.6 Å². The molecule has 0 atom stereocenters. The predicted molar refractivity (Wildman–Crippen MR) is 112 cm³/mol. The van der Waals surface area contributed by atoms with Crippen molar-refractivity contribution in [1.29, 1.82) is 0 Å². The Morgan fingerprint density at radius 3 is 2.37 bits per heavy atom. The molecule has 2 heterocycles. The van der Waals surface area contributed by atoms with Crippen molar-refractivity contribution in [3.63, 3.8) is 0 Å². The van der Waals surface area contributed by atoms with Crippen LogP contribution in [0, 0.1) is 12.7 Å². The van der Waals surface area contributed by atoms with E-state index in [4.69, 9.17) is 0 Å². The van der Waals surface area contributed by atoms with Crippen LogP contribution in [0.2, 0.25) is 0 Å². The van der Waals surface area contributed by atoms with Gasteiger partial charge >= 0.3 is 5.69 Å². The monoisotopic (exact) mass is 404 g/mol. The average molecular weight is 404 g/mol. The van der Waals surface area contributed by atoms with Gasteiger partial charge in [-0.25, -0.2) is 18.7 Å². The smallest absolute Gasteiger partial charge is 0.322 e. The SMILES string of the molecule is Cc1ccc(-n2c(=O)n(C)c(=O)c3cc(C(=O)Nc4ccc(F)cc4)cnc32)cc1. The van der Waals surface area contributed by atoms with E-state index in [2.05, 4.69) is 10.3 Å². The van der Waals surface area contributed by atoms with E-state index in [0.29, 0.717) is 11.4 Å². The molecular weight excluding hydrogens is 387 g/mol. The molecule has 150 valence electrons. The first-order valence-electron chi connectivity index (χ1n) is 9.11. The minimum Gasteiger partial charge on any atom is -0.322 e. The van der Waals surface area contributed by atoms with Gasteiger partial charge in [0.25, 0.3) is 11.5 Å². The minimum absolute atomic E-state index is 0.129. The second kappa shape index (κ2) is 7.40. The molecule has 1 N–H and O–H groups in total. The van der Waals surface area contributed by atoms with Gasteiger partial charge in [-0.1, -0.05) is 17.7 Å². The number of amides is 1. The number of halogens is 1. The standard InChI is InChI=1S/C22H17FN4O3/c1-13-3-9-17(10-4-13)27-19-18(21(29)26(2)22(27)30)11-14(12-24-19)20(28)25-16-7-5-15(23)6-8-16/h3-12H,1-2H3,(H,25,28). The van der Waals surface area contributed by atoms with Crippen LogP contribution in [0.15, 0.2) is 70.4 Å². The van der Waals surface area contributed by atoms with Crippen LogP contribution in [0.1, 0.15) is 15.9 Å². The van der Waals surface area contributed by atoms with Crippen LogP contribution in [0.4, 0.5) is 10.1 Å². The molecule has 30 heavy (non-hydrogen) atoms. The molecule has 1 amide bonds. The fourth-order valence-corrected chi connectivity index (χ4v) is 3.09. The molecule has 0 spiro atoms. The summed E-state index contributed by atoms with van der Waals surface area (Å²) in [5.41, 5.74) is 1.19. The highest BCUT2D eigenvalue weighted by Gasteiger charge is 2.16. The second-order valence-corrected chi connectivity index (χ2v) is 6.87. The molecule has 4 rings (SSSR count). The first kappa shape index (κ1) is 19.3. The zero-order chi connectivity index (χ0) is 21.4. The number of pyridine rings is 1. The molecule has 2 aromatic carbocycles. The number of nitrogens with zero attached hydrogens (tertiary/aromatic N) is 3. The lowest BCUT2D eigenvalue weighted by Crippen LogP contribution is -2.38. The Bertz CT molecular complexity index is 1390. The quantitative estimate of drug-likeness (QED) is 0.569. The van der Waals surface area contributed by atoms with Crippen molar-refractivity contribution >= 4 is 22.6 Å². The van der Waals surface area contributed by atoms with Crippen LogP contribution in [0.5, 0.6) is 0 Å². The van der Waals surface area contributed by atoms with Crippen molar-refractivity contribution < 1.29 is 9.18 Å². The number of carbonyl (C=O) groups is 1. The summed E-state index contributed by atoms with van der Waals surface area (Å²) in [6, 6.07) is 13.9. The molecule has 0 aliphatic rings. The lowest BCUT2D eigenvalue weighted by molar-refractivity contribution is 0.102. The molecule has 0 aliphatic carbocycles. The lowest BCUT2D eigenvalue weighted by Gasteiger charge is -2.12. The van der Waals surface area contributed by atoms with E-state index >= 15 is 0 Å². The van der Waals surface area contributed by atoms with E-state index in [9.17, 15) is 18.8 Å². The van der Waals surface area contributed by atoms with Gasteiger partial charge in [0, 0.05) is 18.9 Å². The number of aromatic nitrogens is 3. The molecule has 0 radical (unpaired) electrons. The molecule has 4 aromatic rings. The van der Waals surface area contributed by atoms with Gasteiger partial charge in [-0.05, 0) is 49.4 Å². The largest absolute Gasteiger partial charge is 0.337 e. The van der Waals surface area contributed by atoms with Crippen LogP contribution in [0.3, 0.4) is 0 Å². The highest BCUT2D eigenvalue weighted by atomic mass is 19.1. The van der Waals surface area contributed by atoms with Crippen molar-refractivity contribution in [3.05, 3.63) is 98.6 Å². The molecule has 0 unspecified atom stereocenters. The van der Waals surface area contributed by atoms with Crippen molar-refractivity contribution in [2.75, 3.05) is 5.32 Å². The molecule has 8 heteroatoms. The fourth-order valence-electron chi connectivity index (χ4n) is 3.09. The van der Waals surface area contributed by atoms with Crippen LogP contribution >= 0.6 is 0 Å². The summed E-state index contributed by atoms with van der Waals surface area (Å²) < 4.78 is 15.4. The number of fused-ring (bicyclic) bond motifs is 1. The van der Waals surface area contributed by atoms with Gasteiger partial charge in [-0.3, -0.25) is 14.2 Å². The van der Waals surface area contributed by atoms with Crippen LogP contribution in [-0.4, -0.2) is 20.0 Å².